The number of hydrazine groups is 1. The second-order valence-electron chi connectivity index (χ2n) is 7.30. The number of carbonyl (C=O) groups excluding carboxylic acids is 3. The lowest BCUT2D eigenvalue weighted by Gasteiger charge is -2.26. The normalized spacial score (nSPS) is 23.9. The molecule has 1 saturated heterocycles. The molecule has 144 valence electrons. The monoisotopic (exact) mass is 391 g/mol. The number of carbonyl (C=O) groups is 3. The van der Waals surface area contributed by atoms with Crippen LogP contribution in [0.25, 0.3) is 0 Å². The maximum absolute atomic E-state index is 13.1. The van der Waals surface area contributed by atoms with E-state index in [1.54, 1.807) is 12.1 Å². The first-order valence-corrected chi connectivity index (χ1v) is 9.57. The largest absolute Gasteiger partial charge is 0.334 e. The highest BCUT2D eigenvalue weighted by Crippen LogP contribution is 2.40. The molecule has 1 saturated carbocycles. The zero-order valence-electron chi connectivity index (χ0n) is 14.8. The van der Waals surface area contributed by atoms with Crippen LogP contribution in [0.5, 0.6) is 0 Å². The first-order valence-electron chi connectivity index (χ1n) is 9.19. The average molecular weight is 392 g/mol. The number of nitrogens with one attached hydrogen (secondary N) is 3. The fourth-order valence-corrected chi connectivity index (χ4v) is 4.23. The van der Waals surface area contributed by atoms with Gasteiger partial charge in [0.05, 0.1) is 10.6 Å². The number of rotatable bonds is 5. The van der Waals surface area contributed by atoms with Gasteiger partial charge in [0, 0.05) is 36.4 Å². The minimum absolute atomic E-state index is 0.130. The van der Waals surface area contributed by atoms with Crippen LogP contribution in [0.15, 0.2) is 12.1 Å². The minimum Gasteiger partial charge on any atom is -0.334 e. The van der Waals surface area contributed by atoms with E-state index < -0.39 is 17.7 Å². The molecule has 3 amide bonds. The highest BCUT2D eigenvalue weighted by molar-refractivity contribution is 6.37. The number of anilines is 1. The van der Waals surface area contributed by atoms with Gasteiger partial charge in [0.25, 0.3) is 11.8 Å². The summed E-state index contributed by atoms with van der Waals surface area (Å²) < 4.78 is 0. The van der Waals surface area contributed by atoms with Crippen LogP contribution in [0.4, 0.5) is 5.69 Å². The summed E-state index contributed by atoms with van der Waals surface area (Å²) >= 11 is 6.50. The van der Waals surface area contributed by atoms with E-state index in [0.29, 0.717) is 29.4 Å². The van der Waals surface area contributed by atoms with Gasteiger partial charge in [-0.05, 0) is 37.8 Å². The Labute approximate surface area is 161 Å². The SMILES string of the molecule is NNC(=O)C1C(=O)Nc2ccc(C(=O)N3CCC[C@@H]3CNC3CC3)c(Cl)c21. The minimum atomic E-state index is -1.16. The average Bonchev–Trinajstić information content (AvgIpc) is 3.25. The summed E-state index contributed by atoms with van der Waals surface area (Å²) in [5.74, 6) is 2.70. The van der Waals surface area contributed by atoms with Crippen molar-refractivity contribution < 1.29 is 14.4 Å². The van der Waals surface area contributed by atoms with E-state index in [1.807, 2.05) is 10.3 Å². The van der Waals surface area contributed by atoms with Gasteiger partial charge < -0.3 is 15.5 Å². The van der Waals surface area contributed by atoms with E-state index in [-0.39, 0.29) is 17.0 Å². The summed E-state index contributed by atoms with van der Waals surface area (Å²) in [6.07, 6.45) is 4.29. The van der Waals surface area contributed by atoms with Crippen molar-refractivity contribution in [2.45, 2.75) is 43.7 Å². The summed E-state index contributed by atoms with van der Waals surface area (Å²) in [5.41, 5.74) is 3.03. The Kier molecular flexibility index (Phi) is 4.79. The molecule has 5 N–H and O–H groups in total. The van der Waals surface area contributed by atoms with Crippen LogP contribution in [-0.4, -0.2) is 47.8 Å². The summed E-state index contributed by atoms with van der Waals surface area (Å²) in [6, 6.07) is 3.93. The molecule has 0 spiro atoms. The number of benzene rings is 1. The third-order valence-electron chi connectivity index (χ3n) is 5.48. The number of amides is 3. The molecule has 2 fully saturated rings. The van der Waals surface area contributed by atoms with Crippen molar-refractivity contribution in [3.05, 3.63) is 28.3 Å². The fourth-order valence-electron chi connectivity index (χ4n) is 3.88. The molecule has 2 atom stereocenters. The Morgan fingerprint density at radius 3 is 2.78 bits per heavy atom. The molecule has 3 aliphatic rings. The Bertz CT molecular complexity index is 802. The molecule has 1 aromatic carbocycles. The number of likely N-dealkylation sites (tertiary alicyclic amines) is 1. The smallest absolute Gasteiger partial charge is 0.255 e. The number of halogens is 1. The van der Waals surface area contributed by atoms with Crippen molar-refractivity contribution in [2.75, 3.05) is 18.4 Å². The molecule has 27 heavy (non-hydrogen) atoms. The predicted molar refractivity (Wildman–Crippen MR) is 100 cm³/mol. The molecule has 4 rings (SSSR count). The molecule has 1 aliphatic carbocycles. The van der Waals surface area contributed by atoms with E-state index in [1.165, 1.54) is 12.8 Å². The molecule has 2 aliphatic heterocycles. The van der Waals surface area contributed by atoms with Crippen molar-refractivity contribution in [1.82, 2.24) is 15.6 Å². The maximum atomic E-state index is 13.1. The number of hydrogen-bond acceptors (Lipinski definition) is 5. The lowest BCUT2D eigenvalue weighted by molar-refractivity contribution is -0.128. The van der Waals surface area contributed by atoms with Gasteiger partial charge in [0.2, 0.25) is 5.91 Å². The number of hydrogen-bond donors (Lipinski definition) is 4. The molecule has 1 unspecified atom stereocenters. The molecule has 9 heteroatoms. The van der Waals surface area contributed by atoms with Gasteiger partial charge in [-0.3, -0.25) is 19.8 Å². The summed E-state index contributed by atoms with van der Waals surface area (Å²) in [5, 5.41) is 6.22. The topological polar surface area (TPSA) is 117 Å². The van der Waals surface area contributed by atoms with E-state index >= 15 is 0 Å². The maximum Gasteiger partial charge on any atom is 0.255 e. The number of nitrogens with zero attached hydrogens (tertiary/aromatic N) is 1. The first-order chi connectivity index (χ1) is 13.0. The predicted octanol–water partition coefficient (Wildman–Crippen LogP) is 0.722. The zero-order valence-corrected chi connectivity index (χ0v) is 15.5. The van der Waals surface area contributed by atoms with Crippen molar-refractivity contribution in [3.63, 3.8) is 0 Å². The van der Waals surface area contributed by atoms with Crippen LogP contribution >= 0.6 is 11.6 Å². The highest BCUT2D eigenvalue weighted by Gasteiger charge is 2.40. The second kappa shape index (κ2) is 7.10. The molecular weight excluding hydrogens is 370 g/mol. The summed E-state index contributed by atoms with van der Waals surface area (Å²) in [6.45, 7) is 1.45. The summed E-state index contributed by atoms with van der Waals surface area (Å²) in [7, 11) is 0. The highest BCUT2D eigenvalue weighted by atomic mass is 35.5. The zero-order chi connectivity index (χ0) is 19.1. The molecule has 2 heterocycles. The van der Waals surface area contributed by atoms with Gasteiger partial charge >= 0.3 is 0 Å². The quantitative estimate of drug-likeness (QED) is 0.255. The Hall–Kier alpha value is -2.16. The van der Waals surface area contributed by atoms with Gasteiger partial charge in [-0.25, -0.2) is 5.84 Å². The Morgan fingerprint density at radius 1 is 1.30 bits per heavy atom. The van der Waals surface area contributed by atoms with Crippen LogP contribution in [0.2, 0.25) is 5.02 Å². The molecular formula is C18H22ClN5O3. The Morgan fingerprint density at radius 2 is 2.07 bits per heavy atom. The molecule has 0 aromatic heterocycles. The van der Waals surface area contributed by atoms with Gasteiger partial charge in [0.1, 0.15) is 5.92 Å². The van der Waals surface area contributed by atoms with Gasteiger partial charge in [-0.1, -0.05) is 11.6 Å². The van der Waals surface area contributed by atoms with Crippen molar-refractivity contribution >= 4 is 35.0 Å². The lowest BCUT2D eigenvalue weighted by Crippen LogP contribution is -2.42. The number of fused-ring (bicyclic) bond motifs is 1. The standard InChI is InChI=1S/C18H22ClN5O3/c19-15-11(5-6-12-13(15)14(16(25)22-12)17(26)23-20)18(27)24-7-1-2-10(24)8-21-9-3-4-9/h5-6,9-10,14,21H,1-4,7-8,20H2,(H,22,25)(H,23,26)/t10-,14?/m1/s1. The van der Waals surface area contributed by atoms with Crippen molar-refractivity contribution in [1.29, 1.82) is 0 Å². The van der Waals surface area contributed by atoms with E-state index in [9.17, 15) is 14.4 Å². The molecule has 0 bridgehead atoms. The van der Waals surface area contributed by atoms with Crippen molar-refractivity contribution in [3.8, 4) is 0 Å². The van der Waals surface area contributed by atoms with E-state index in [4.69, 9.17) is 17.4 Å². The number of nitrogens with two attached hydrogens (primary N) is 1. The van der Waals surface area contributed by atoms with Crippen LogP contribution in [0, 0.1) is 0 Å². The van der Waals surface area contributed by atoms with E-state index in [0.717, 1.165) is 19.4 Å². The first kappa shape index (κ1) is 18.2. The van der Waals surface area contributed by atoms with Crippen LogP contribution < -0.4 is 21.9 Å². The van der Waals surface area contributed by atoms with E-state index in [2.05, 4.69) is 10.6 Å². The van der Waals surface area contributed by atoms with Gasteiger partial charge in [0.15, 0.2) is 0 Å². The molecule has 8 nitrogen and oxygen atoms in total. The fraction of sp³-hybridized carbons (Fsp3) is 0.500. The third-order valence-corrected chi connectivity index (χ3v) is 5.89. The van der Waals surface area contributed by atoms with Crippen LogP contribution in [0.1, 0.15) is 47.5 Å². The lowest BCUT2D eigenvalue weighted by atomic mass is 9.97. The van der Waals surface area contributed by atoms with Crippen LogP contribution in [0.3, 0.4) is 0 Å². The van der Waals surface area contributed by atoms with Crippen molar-refractivity contribution in [2.24, 2.45) is 5.84 Å². The van der Waals surface area contributed by atoms with Gasteiger partial charge in [-0.2, -0.15) is 0 Å². The molecule has 1 aromatic rings. The molecule has 0 radical (unpaired) electrons. The Balaban J connectivity index is 1.60. The summed E-state index contributed by atoms with van der Waals surface area (Å²) in [4.78, 5) is 39.2. The van der Waals surface area contributed by atoms with Crippen LogP contribution in [-0.2, 0) is 9.59 Å². The third kappa shape index (κ3) is 3.28. The second-order valence-corrected chi connectivity index (χ2v) is 7.67. The van der Waals surface area contributed by atoms with Gasteiger partial charge in [-0.15, -0.1) is 0 Å².